The number of pyridine rings is 1. The van der Waals surface area contributed by atoms with Gasteiger partial charge in [-0.25, -0.2) is 19.4 Å². The van der Waals surface area contributed by atoms with Crippen molar-refractivity contribution in [1.82, 2.24) is 15.2 Å². The second-order valence-corrected chi connectivity index (χ2v) is 6.16. The van der Waals surface area contributed by atoms with E-state index < -0.39 is 24.3 Å². The molecule has 2 aliphatic rings. The number of halogens is 6. The van der Waals surface area contributed by atoms with E-state index >= 15 is 0 Å². The van der Waals surface area contributed by atoms with Crippen molar-refractivity contribution in [1.29, 1.82) is 0 Å². The first-order valence-corrected chi connectivity index (χ1v) is 8.56. The molecule has 1 saturated heterocycles. The first-order valence-electron chi connectivity index (χ1n) is 8.56. The largest absolute Gasteiger partial charge is 0.490 e. The first kappa shape index (κ1) is 25.9. The molecule has 0 saturated carbocycles. The number of carbonyl (C=O) groups is 3. The van der Waals surface area contributed by atoms with Crippen molar-refractivity contribution in [2.24, 2.45) is 0 Å². The number of aromatic nitrogens is 1. The molecule has 31 heavy (non-hydrogen) atoms. The zero-order valence-corrected chi connectivity index (χ0v) is 15.6. The number of carboxylic acids is 2. The van der Waals surface area contributed by atoms with Gasteiger partial charge in [-0.2, -0.15) is 26.3 Å². The van der Waals surface area contributed by atoms with E-state index in [0.717, 1.165) is 31.5 Å². The number of hydrogen-bond acceptors (Lipinski definition) is 5. The van der Waals surface area contributed by atoms with Gasteiger partial charge in [-0.15, -0.1) is 0 Å². The Bertz CT molecular complexity index is 756. The summed E-state index contributed by atoms with van der Waals surface area (Å²) in [4.78, 5) is 35.9. The summed E-state index contributed by atoms with van der Waals surface area (Å²) >= 11 is 0. The SMILES string of the molecule is O=C(O)C(F)(F)F.O=C(O)C(F)(F)F.O=C1Nc2ncccc2CN1C1CCNCC1. The van der Waals surface area contributed by atoms with Gasteiger partial charge in [0.05, 0.1) is 6.54 Å². The maximum absolute atomic E-state index is 12.0. The van der Waals surface area contributed by atoms with Crippen LogP contribution in [-0.4, -0.2) is 69.6 Å². The number of rotatable bonds is 1. The van der Waals surface area contributed by atoms with Gasteiger partial charge in [0.25, 0.3) is 0 Å². The van der Waals surface area contributed by atoms with Crippen LogP contribution in [0.5, 0.6) is 0 Å². The van der Waals surface area contributed by atoms with E-state index in [2.05, 4.69) is 15.6 Å². The van der Waals surface area contributed by atoms with Gasteiger partial charge in [0, 0.05) is 17.8 Å². The number of alkyl halides is 6. The lowest BCUT2D eigenvalue weighted by molar-refractivity contribution is -0.193. The number of carbonyl (C=O) groups excluding carboxylic acids is 1. The van der Waals surface area contributed by atoms with Crippen LogP contribution in [0.1, 0.15) is 18.4 Å². The quantitative estimate of drug-likeness (QED) is 0.474. The van der Waals surface area contributed by atoms with Crippen molar-refractivity contribution in [3.63, 3.8) is 0 Å². The van der Waals surface area contributed by atoms with Crippen molar-refractivity contribution in [2.75, 3.05) is 18.4 Å². The van der Waals surface area contributed by atoms with Gasteiger partial charge in [0.15, 0.2) is 0 Å². The molecule has 9 nitrogen and oxygen atoms in total. The summed E-state index contributed by atoms with van der Waals surface area (Å²) in [6.07, 6.45) is -6.40. The fourth-order valence-electron chi connectivity index (χ4n) is 2.52. The molecule has 2 aliphatic heterocycles. The van der Waals surface area contributed by atoms with Crippen LogP contribution >= 0.6 is 0 Å². The lowest BCUT2D eigenvalue weighted by Gasteiger charge is -2.37. The van der Waals surface area contributed by atoms with Gasteiger partial charge in [-0.05, 0) is 32.0 Å². The Balaban J connectivity index is 0.000000288. The highest BCUT2D eigenvalue weighted by atomic mass is 19.4. The minimum atomic E-state index is -5.08. The minimum Gasteiger partial charge on any atom is -0.475 e. The van der Waals surface area contributed by atoms with Gasteiger partial charge >= 0.3 is 30.3 Å². The van der Waals surface area contributed by atoms with E-state index in [4.69, 9.17) is 19.8 Å². The van der Waals surface area contributed by atoms with Crippen LogP contribution in [0.4, 0.5) is 37.0 Å². The predicted octanol–water partition coefficient (Wildman–Crippen LogP) is 2.45. The molecule has 0 unspecified atom stereocenters. The summed E-state index contributed by atoms with van der Waals surface area (Å²) in [7, 11) is 0. The van der Waals surface area contributed by atoms with Gasteiger partial charge in [-0.3, -0.25) is 5.32 Å². The number of fused-ring (bicyclic) bond motifs is 1. The molecule has 15 heteroatoms. The Morgan fingerprint density at radius 3 is 1.97 bits per heavy atom. The van der Waals surface area contributed by atoms with Crippen LogP contribution < -0.4 is 10.6 Å². The van der Waals surface area contributed by atoms with E-state index in [-0.39, 0.29) is 6.03 Å². The molecule has 0 atom stereocenters. The molecule has 174 valence electrons. The maximum atomic E-state index is 12.0. The van der Waals surface area contributed by atoms with Crippen molar-refractivity contribution in [3.05, 3.63) is 23.9 Å². The molecule has 4 N–H and O–H groups in total. The molecule has 0 aliphatic carbocycles. The van der Waals surface area contributed by atoms with Gasteiger partial charge in [-0.1, -0.05) is 6.07 Å². The monoisotopic (exact) mass is 460 g/mol. The Kier molecular flexibility index (Phi) is 9.02. The van der Waals surface area contributed by atoms with E-state index in [1.165, 1.54) is 0 Å². The highest BCUT2D eigenvalue weighted by molar-refractivity contribution is 5.91. The van der Waals surface area contributed by atoms with E-state index in [1.807, 2.05) is 17.0 Å². The third kappa shape index (κ3) is 8.65. The smallest absolute Gasteiger partial charge is 0.475 e. The van der Waals surface area contributed by atoms with Crippen LogP contribution in [0.3, 0.4) is 0 Å². The summed E-state index contributed by atoms with van der Waals surface area (Å²) < 4.78 is 63.5. The topological polar surface area (TPSA) is 132 Å². The highest BCUT2D eigenvalue weighted by Gasteiger charge is 2.38. The molecule has 1 aromatic heterocycles. The standard InChI is InChI=1S/C12H16N4O.2C2HF3O2/c17-12-15-11-9(2-1-5-14-11)8-16(12)10-3-6-13-7-4-10;2*3-2(4,5)1(6)7/h1-2,5,10,13H,3-4,6-8H2,(H,14,15,17);2*(H,6,7). The summed E-state index contributed by atoms with van der Waals surface area (Å²) in [6.45, 7) is 2.67. The number of anilines is 1. The number of piperidine rings is 1. The third-order valence-corrected chi connectivity index (χ3v) is 3.95. The van der Waals surface area contributed by atoms with E-state index in [1.54, 1.807) is 6.20 Å². The van der Waals surface area contributed by atoms with Crippen LogP contribution in [0, 0.1) is 0 Å². The summed E-state index contributed by atoms with van der Waals surface area (Å²) in [5, 5.41) is 20.4. The highest BCUT2D eigenvalue weighted by Crippen LogP contribution is 2.24. The van der Waals surface area contributed by atoms with Gasteiger partial charge in [0.1, 0.15) is 5.82 Å². The number of hydrogen-bond donors (Lipinski definition) is 4. The molecule has 1 aromatic rings. The Hall–Kier alpha value is -3.10. The Labute approximate surface area is 171 Å². The molecule has 0 aromatic carbocycles. The fourth-order valence-corrected chi connectivity index (χ4v) is 2.52. The van der Waals surface area contributed by atoms with Gasteiger partial charge < -0.3 is 20.4 Å². The van der Waals surface area contributed by atoms with Crippen LogP contribution in [-0.2, 0) is 16.1 Å². The number of amides is 2. The molecule has 2 amide bonds. The Morgan fingerprint density at radius 1 is 1.03 bits per heavy atom. The number of nitrogens with zero attached hydrogens (tertiary/aromatic N) is 2. The lowest BCUT2D eigenvalue weighted by Crippen LogP contribution is -2.49. The van der Waals surface area contributed by atoms with E-state index in [9.17, 15) is 31.1 Å². The van der Waals surface area contributed by atoms with E-state index in [0.29, 0.717) is 18.4 Å². The maximum Gasteiger partial charge on any atom is 0.490 e. The number of aliphatic carboxylic acids is 2. The zero-order valence-electron chi connectivity index (χ0n) is 15.6. The lowest BCUT2D eigenvalue weighted by atomic mass is 10.0. The summed E-state index contributed by atoms with van der Waals surface area (Å²) in [5.41, 5.74) is 1.10. The van der Waals surface area contributed by atoms with Crippen LogP contribution in [0.15, 0.2) is 18.3 Å². The number of carboxylic acid groups (broad SMARTS) is 2. The summed E-state index contributed by atoms with van der Waals surface area (Å²) in [6, 6.07) is 4.28. The van der Waals surface area contributed by atoms with Crippen molar-refractivity contribution in [2.45, 2.75) is 37.8 Å². The molecule has 0 spiro atoms. The van der Waals surface area contributed by atoms with Crippen molar-refractivity contribution >= 4 is 23.8 Å². The molecule has 3 rings (SSSR count). The van der Waals surface area contributed by atoms with Crippen molar-refractivity contribution in [3.8, 4) is 0 Å². The zero-order chi connectivity index (χ0) is 23.8. The van der Waals surface area contributed by atoms with Crippen LogP contribution in [0.25, 0.3) is 0 Å². The second kappa shape index (κ2) is 10.8. The van der Waals surface area contributed by atoms with Crippen molar-refractivity contribution < 1.29 is 50.9 Å². The predicted molar refractivity (Wildman–Crippen MR) is 92.1 cm³/mol. The molecular formula is C16H18F6N4O5. The average Bonchev–Trinajstić information content (AvgIpc) is 2.67. The van der Waals surface area contributed by atoms with Gasteiger partial charge in [0.2, 0.25) is 0 Å². The normalized spacial score (nSPS) is 16.6. The minimum absolute atomic E-state index is 0.0110. The fraction of sp³-hybridized carbons (Fsp3) is 0.500. The molecule has 3 heterocycles. The molecular weight excluding hydrogens is 442 g/mol. The second-order valence-electron chi connectivity index (χ2n) is 6.16. The Morgan fingerprint density at radius 2 is 1.52 bits per heavy atom. The summed E-state index contributed by atoms with van der Waals surface area (Å²) in [5.74, 6) is -4.80. The molecule has 1 fully saturated rings. The first-order chi connectivity index (χ1) is 14.2. The number of urea groups is 1. The number of nitrogens with one attached hydrogen (secondary N) is 2. The molecule has 0 radical (unpaired) electrons. The van der Waals surface area contributed by atoms with Crippen LogP contribution in [0.2, 0.25) is 0 Å². The molecule has 0 bridgehead atoms. The average molecular weight is 460 g/mol. The third-order valence-electron chi connectivity index (χ3n) is 3.95.